The molecule has 16 heavy (non-hydrogen) atoms. The van der Waals surface area contributed by atoms with E-state index < -0.39 is 0 Å². The highest BCUT2D eigenvalue weighted by atomic mass is 16.5. The first-order chi connectivity index (χ1) is 7.51. The van der Waals surface area contributed by atoms with Gasteiger partial charge in [-0.25, -0.2) is 4.98 Å². The van der Waals surface area contributed by atoms with Gasteiger partial charge in [-0.2, -0.15) is 0 Å². The summed E-state index contributed by atoms with van der Waals surface area (Å²) in [7, 11) is 0. The molecule has 0 aliphatic carbocycles. The smallest absolute Gasteiger partial charge is 0.213 e. The van der Waals surface area contributed by atoms with Crippen molar-refractivity contribution in [2.24, 2.45) is 0 Å². The van der Waals surface area contributed by atoms with Crippen LogP contribution in [0.3, 0.4) is 0 Å². The number of ether oxygens (including phenoxy) is 1. The molecule has 3 nitrogen and oxygen atoms in total. The zero-order chi connectivity index (χ0) is 12.0. The van der Waals surface area contributed by atoms with E-state index in [1.54, 1.807) is 0 Å². The van der Waals surface area contributed by atoms with E-state index in [1.807, 2.05) is 39.0 Å². The Kier molecular flexibility index (Phi) is 4.74. The first kappa shape index (κ1) is 13.0. The van der Waals surface area contributed by atoms with Crippen LogP contribution in [0.4, 0.5) is 0 Å². The summed E-state index contributed by atoms with van der Waals surface area (Å²) in [5.74, 6) is 0.697. The summed E-state index contributed by atoms with van der Waals surface area (Å²) in [5.41, 5.74) is 0.831. The zero-order valence-electron chi connectivity index (χ0n) is 10.7. The summed E-state index contributed by atoms with van der Waals surface area (Å²) in [6.07, 6.45) is 1.14. The molecule has 0 saturated heterocycles. The Morgan fingerprint density at radius 2 is 2.06 bits per heavy atom. The van der Waals surface area contributed by atoms with Crippen LogP contribution in [0.1, 0.15) is 39.8 Å². The van der Waals surface area contributed by atoms with Crippen LogP contribution < -0.4 is 10.1 Å². The van der Waals surface area contributed by atoms with Crippen molar-refractivity contribution in [3.05, 3.63) is 23.9 Å². The molecular weight excluding hydrogens is 200 g/mol. The van der Waals surface area contributed by atoms with Crippen LogP contribution in [0.15, 0.2) is 18.2 Å². The Morgan fingerprint density at radius 1 is 1.31 bits per heavy atom. The fraction of sp³-hybridized carbons (Fsp3) is 0.615. The van der Waals surface area contributed by atoms with E-state index in [4.69, 9.17) is 4.74 Å². The molecule has 0 aliphatic heterocycles. The van der Waals surface area contributed by atoms with Gasteiger partial charge in [0.2, 0.25) is 5.88 Å². The third-order valence-electron chi connectivity index (χ3n) is 1.92. The zero-order valence-corrected chi connectivity index (χ0v) is 10.7. The standard InChI is InChI=1S/C13H22N2O/c1-5-9-14-10-11-7-6-8-12(15-11)16-13(2,3)4/h6-8,14H,5,9-10H2,1-4H3. The van der Waals surface area contributed by atoms with Crippen molar-refractivity contribution in [1.29, 1.82) is 0 Å². The number of aromatic nitrogens is 1. The summed E-state index contributed by atoms with van der Waals surface area (Å²) in [6.45, 7) is 10.0. The summed E-state index contributed by atoms with van der Waals surface area (Å²) >= 11 is 0. The van der Waals surface area contributed by atoms with Crippen LogP contribution in [0.25, 0.3) is 0 Å². The van der Waals surface area contributed by atoms with E-state index in [-0.39, 0.29) is 5.60 Å². The third kappa shape index (κ3) is 5.12. The number of nitrogens with one attached hydrogen (secondary N) is 1. The van der Waals surface area contributed by atoms with E-state index in [2.05, 4.69) is 17.2 Å². The van der Waals surface area contributed by atoms with Crippen molar-refractivity contribution in [3.8, 4) is 5.88 Å². The summed E-state index contributed by atoms with van der Waals surface area (Å²) < 4.78 is 5.71. The number of pyridine rings is 1. The van der Waals surface area contributed by atoms with Gasteiger partial charge >= 0.3 is 0 Å². The van der Waals surface area contributed by atoms with Crippen LogP contribution in [0, 0.1) is 0 Å². The van der Waals surface area contributed by atoms with Crippen molar-refractivity contribution in [1.82, 2.24) is 10.3 Å². The maximum absolute atomic E-state index is 5.71. The molecular formula is C13H22N2O. The van der Waals surface area contributed by atoms with Gasteiger partial charge in [0.25, 0.3) is 0 Å². The second-order valence-corrected chi connectivity index (χ2v) is 4.86. The van der Waals surface area contributed by atoms with Crippen LogP contribution in [0.2, 0.25) is 0 Å². The van der Waals surface area contributed by atoms with Gasteiger partial charge in [-0.1, -0.05) is 13.0 Å². The SMILES string of the molecule is CCCNCc1cccc(OC(C)(C)C)n1. The lowest BCUT2D eigenvalue weighted by atomic mass is 10.2. The fourth-order valence-corrected chi connectivity index (χ4v) is 1.32. The summed E-state index contributed by atoms with van der Waals surface area (Å²) in [5, 5.41) is 3.32. The Bertz CT molecular complexity index is 318. The topological polar surface area (TPSA) is 34.1 Å². The maximum atomic E-state index is 5.71. The fourth-order valence-electron chi connectivity index (χ4n) is 1.32. The van der Waals surface area contributed by atoms with Gasteiger partial charge in [0, 0.05) is 12.6 Å². The van der Waals surface area contributed by atoms with Gasteiger partial charge in [-0.15, -0.1) is 0 Å². The molecule has 0 fully saturated rings. The normalized spacial score (nSPS) is 11.5. The van der Waals surface area contributed by atoms with Gasteiger partial charge in [0.05, 0.1) is 5.69 Å². The van der Waals surface area contributed by atoms with E-state index in [1.165, 1.54) is 0 Å². The molecule has 0 atom stereocenters. The third-order valence-corrected chi connectivity index (χ3v) is 1.92. The average Bonchev–Trinajstić information content (AvgIpc) is 2.16. The van der Waals surface area contributed by atoms with Crippen LogP contribution in [-0.4, -0.2) is 17.1 Å². The average molecular weight is 222 g/mol. The molecule has 0 radical (unpaired) electrons. The number of rotatable bonds is 5. The Morgan fingerprint density at radius 3 is 2.69 bits per heavy atom. The molecule has 1 aromatic rings. The number of hydrogen-bond donors (Lipinski definition) is 1. The van der Waals surface area contributed by atoms with Gasteiger partial charge in [0.1, 0.15) is 5.60 Å². The molecule has 0 bridgehead atoms. The molecule has 3 heteroatoms. The minimum absolute atomic E-state index is 0.192. The van der Waals surface area contributed by atoms with Gasteiger partial charge in [0.15, 0.2) is 0 Å². The molecule has 0 saturated carbocycles. The van der Waals surface area contributed by atoms with Crippen molar-refractivity contribution in [2.45, 2.75) is 46.3 Å². The van der Waals surface area contributed by atoms with Gasteiger partial charge in [-0.05, 0) is 39.8 Å². The van der Waals surface area contributed by atoms with Crippen molar-refractivity contribution in [3.63, 3.8) is 0 Å². The van der Waals surface area contributed by atoms with Crippen molar-refractivity contribution in [2.75, 3.05) is 6.54 Å². The Labute approximate surface area is 98.2 Å². The van der Waals surface area contributed by atoms with E-state index >= 15 is 0 Å². The van der Waals surface area contributed by atoms with E-state index in [0.717, 1.165) is 25.2 Å². The van der Waals surface area contributed by atoms with Crippen LogP contribution >= 0.6 is 0 Å². The van der Waals surface area contributed by atoms with Crippen LogP contribution in [0.5, 0.6) is 5.88 Å². The molecule has 1 N–H and O–H groups in total. The number of hydrogen-bond acceptors (Lipinski definition) is 3. The molecule has 1 aromatic heterocycles. The van der Waals surface area contributed by atoms with Crippen molar-refractivity contribution < 1.29 is 4.74 Å². The predicted molar refractivity (Wildman–Crippen MR) is 66.6 cm³/mol. The lowest BCUT2D eigenvalue weighted by molar-refractivity contribution is 0.124. The molecule has 0 amide bonds. The lowest BCUT2D eigenvalue weighted by Crippen LogP contribution is -2.24. The maximum Gasteiger partial charge on any atom is 0.213 e. The molecule has 1 heterocycles. The minimum atomic E-state index is -0.192. The molecule has 0 spiro atoms. The quantitative estimate of drug-likeness (QED) is 0.778. The number of nitrogens with zero attached hydrogens (tertiary/aromatic N) is 1. The summed E-state index contributed by atoms with van der Waals surface area (Å²) in [4.78, 5) is 4.45. The highest BCUT2D eigenvalue weighted by molar-refractivity contribution is 5.16. The Hall–Kier alpha value is -1.09. The predicted octanol–water partition coefficient (Wildman–Crippen LogP) is 2.76. The molecule has 90 valence electrons. The van der Waals surface area contributed by atoms with Crippen molar-refractivity contribution >= 4 is 0 Å². The molecule has 0 unspecified atom stereocenters. The molecule has 0 aliphatic rings. The van der Waals surface area contributed by atoms with Gasteiger partial charge < -0.3 is 10.1 Å². The first-order valence-corrected chi connectivity index (χ1v) is 5.87. The first-order valence-electron chi connectivity index (χ1n) is 5.87. The van der Waals surface area contributed by atoms with Gasteiger partial charge in [-0.3, -0.25) is 0 Å². The second kappa shape index (κ2) is 5.85. The second-order valence-electron chi connectivity index (χ2n) is 4.86. The summed E-state index contributed by atoms with van der Waals surface area (Å²) in [6, 6.07) is 5.89. The monoisotopic (exact) mass is 222 g/mol. The van der Waals surface area contributed by atoms with E-state index in [0.29, 0.717) is 5.88 Å². The largest absolute Gasteiger partial charge is 0.472 e. The lowest BCUT2D eigenvalue weighted by Gasteiger charge is -2.20. The van der Waals surface area contributed by atoms with E-state index in [9.17, 15) is 0 Å². The highest BCUT2D eigenvalue weighted by Crippen LogP contribution is 2.15. The van der Waals surface area contributed by atoms with Crippen LogP contribution in [-0.2, 0) is 6.54 Å². The molecule has 0 aromatic carbocycles. The molecule has 1 rings (SSSR count). The minimum Gasteiger partial charge on any atom is -0.472 e. The Balaban J connectivity index is 2.57. The highest BCUT2D eigenvalue weighted by Gasteiger charge is 2.12.